The molecule has 0 bridgehead atoms. The molecule has 3 nitrogen and oxygen atoms in total. The number of nitrogens with one attached hydrogen (secondary N) is 1. The Morgan fingerprint density at radius 2 is 2.00 bits per heavy atom. The van der Waals surface area contributed by atoms with E-state index in [-0.39, 0.29) is 0 Å². The van der Waals surface area contributed by atoms with Crippen LogP contribution in [0.2, 0.25) is 0 Å². The summed E-state index contributed by atoms with van der Waals surface area (Å²) in [6.07, 6.45) is 3.52. The standard InChI is InChI=1S/C23H30N2OS/c1-4-5-12-25-16-19-9-7-6-8-18(19)14-20(25)15-24-23(27)21-13-17(2)10-11-22(21)26-3/h6-11,13,20H,4-5,12,14-16H2,1-3H3,(H,24,27)/t20-/m1/s1. The molecule has 0 saturated carbocycles. The van der Waals surface area contributed by atoms with Crippen molar-refractivity contribution in [1.29, 1.82) is 0 Å². The third kappa shape index (κ3) is 4.88. The lowest BCUT2D eigenvalue weighted by Crippen LogP contribution is -2.47. The zero-order chi connectivity index (χ0) is 19.2. The normalized spacial score (nSPS) is 16.6. The molecular weight excluding hydrogens is 352 g/mol. The van der Waals surface area contributed by atoms with E-state index in [0.717, 1.165) is 42.4 Å². The van der Waals surface area contributed by atoms with Crippen LogP contribution in [-0.4, -0.2) is 36.1 Å². The molecule has 0 amide bonds. The van der Waals surface area contributed by atoms with Crippen LogP contribution >= 0.6 is 12.2 Å². The summed E-state index contributed by atoms with van der Waals surface area (Å²) in [6, 6.07) is 15.4. The number of hydrogen-bond acceptors (Lipinski definition) is 3. The Bertz CT molecular complexity index is 790. The van der Waals surface area contributed by atoms with Gasteiger partial charge in [-0.2, -0.15) is 0 Å². The number of unbranched alkanes of at least 4 members (excludes halogenated alkanes) is 1. The Hall–Kier alpha value is -1.91. The van der Waals surface area contributed by atoms with Crippen molar-refractivity contribution in [2.24, 2.45) is 0 Å². The van der Waals surface area contributed by atoms with Gasteiger partial charge in [0.15, 0.2) is 0 Å². The first-order valence-corrected chi connectivity index (χ1v) is 10.3. The number of ether oxygens (including phenoxy) is 1. The highest BCUT2D eigenvalue weighted by molar-refractivity contribution is 7.80. The Kier molecular flexibility index (Phi) is 6.86. The minimum absolute atomic E-state index is 0.459. The zero-order valence-electron chi connectivity index (χ0n) is 16.6. The Balaban J connectivity index is 1.71. The summed E-state index contributed by atoms with van der Waals surface area (Å²) in [5, 5.41) is 3.52. The monoisotopic (exact) mass is 382 g/mol. The van der Waals surface area contributed by atoms with Gasteiger partial charge in [-0.1, -0.05) is 61.5 Å². The van der Waals surface area contributed by atoms with E-state index in [1.807, 2.05) is 6.07 Å². The van der Waals surface area contributed by atoms with E-state index in [9.17, 15) is 0 Å². The number of benzene rings is 2. The van der Waals surface area contributed by atoms with Crippen molar-refractivity contribution in [2.45, 2.75) is 45.7 Å². The molecule has 0 aromatic heterocycles. The van der Waals surface area contributed by atoms with Gasteiger partial charge < -0.3 is 10.1 Å². The number of rotatable bonds is 7. The molecule has 0 spiro atoms. The number of fused-ring (bicyclic) bond motifs is 1. The molecular formula is C23H30N2OS. The van der Waals surface area contributed by atoms with Gasteiger partial charge >= 0.3 is 0 Å². The predicted molar refractivity (Wildman–Crippen MR) is 117 cm³/mol. The lowest BCUT2D eigenvalue weighted by molar-refractivity contribution is 0.170. The van der Waals surface area contributed by atoms with Crippen LogP contribution < -0.4 is 10.1 Å². The predicted octanol–water partition coefficient (Wildman–Crippen LogP) is 4.50. The van der Waals surface area contributed by atoms with Crippen LogP contribution in [0.3, 0.4) is 0 Å². The van der Waals surface area contributed by atoms with Crippen LogP contribution in [0.1, 0.15) is 42.0 Å². The smallest absolute Gasteiger partial charge is 0.129 e. The quantitative estimate of drug-likeness (QED) is 0.713. The second-order valence-electron chi connectivity index (χ2n) is 7.36. The molecule has 0 unspecified atom stereocenters. The van der Waals surface area contributed by atoms with Crippen molar-refractivity contribution in [3.63, 3.8) is 0 Å². The molecule has 3 rings (SSSR count). The molecule has 1 N–H and O–H groups in total. The van der Waals surface area contributed by atoms with E-state index in [0.29, 0.717) is 6.04 Å². The van der Waals surface area contributed by atoms with E-state index < -0.39 is 0 Å². The lowest BCUT2D eigenvalue weighted by Gasteiger charge is -2.37. The van der Waals surface area contributed by atoms with Crippen molar-refractivity contribution in [2.75, 3.05) is 20.2 Å². The van der Waals surface area contributed by atoms with E-state index in [1.54, 1.807) is 7.11 Å². The summed E-state index contributed by atoms with van der Waals surface area (Å²) in [7, 11) is 1.70. The van der Waals surface area contributed by atoms with Gasteiger partial charge in [0, 0.05) is 19.1 Å². The largest absolute Gasteiger partial charge is 0.496 e. The lowest BCUT2D eigenvalue weighted by atomic mass is 9.93. The van der Waals surface area contributed by atoms with Crippen molar-refractivity contribution in [1.82, 2.24) is 10.2 Å². The van der Waals surface area contributed by atoms with Crippen molar-refractivity contribution >= 4 is 17.2 Å². The maximum Gasteiger partial charge on any atom is 0.129 e. The van der Waals surface area contributed by atoms with Crippen LogP contribution in [0.15, 0.2) is 42.5 Å². The van der Waals surface area contributed by atoms with Crippen molar-refractivity contribution < 1.29 is 4.74 Å². The van der Waals surface area contributed by atoms with E-state index in [1.165, 1.54) is 29.5 Å². The Labute approximate surface area is 168 Å². The molecule has 0 saturated heterocycles. The molecule has 27 heavy (non-hydrogen) atoms. The number of thiocarbonyl (C=S) groups is 1. The molecule has 1 aliphatic rings. The molecule has 1 heterocycles. The van der Waals surface area contributed by atoms with E-state index in [2.05, 4.69) is 60.5 Å². The fourth-order valence-electron chi connectivity index (χ4n) is 3.77. The van der Waals surface area contributed by atoms with Crippen LogP contribution in [-0.2, 0) is 13.0 Å². The van der Waals surface area contributed by atoms with Crippen LogP contribution in [0, 0.1) is 6.92 Å². The Morgan fingerprint density at radius 1 is 1.22 bits per heavy atom. The van der Waals surface area contributed by atoms with Gasteiger partial charge in [0.05, 0.1) is 12.7 Å². The molecule has 1 atom stereocenters. The second-order valence-corrected chi connectivity index (χ2v) is 7.77. The molecule has 2 aromatic rings. The molecule has 0 radical (unpaired) electrons. The molecule has 4 heteroatoms. The molecule has 144 valence electrons. The molecule has 0 fully saturated rings. The number of hydrogen-bond donors (Lipinski definition) is 1. The minimum Gasteiger partial charge on any atom is -0.496 e. The van der Waals surface area contributed by atoms with Gasteiger partial charge in [-0.3, -0.25) is 4.90 Å². The maximum absolute atomic E-state index is 5.70. The number of methoxy groups -OCH3 is 1. The SMILES string of the molecule is CCCCN1Cc2ccccc2C[C@@H]1CNC(=S)c1cc(C)ccc1OC. The first-order valence-electron chi connectivity index (χ1n) is 9.86. The van der Waals surface area contributed by atoms with Gasteiger partial charge in [-0.25, -0.2) is 0 Å². The third-order valence-electron chi connectivity index (χ3n) is 5.36. The van der Waals surface area contributed by atoms with Crippen molar-refractivity contribution in [3.05, 3.63) is 64.7 Å². The fraction of sp³-hybridized carbons (Fsp3) is 0.435. The second kappa shape index (κ2) is 9.34. The molecule has 0 aliphatic carbocycles. The summed E-state index contributed by atoms with van der Waals surface area (Å²) in [5.74, 6) is 0.829. The minimum atomic E-state index is 0.459. The highest BCUT2D eigenvalue weighted by Gasteiger charge is 2.25. The van der Waals surface area contributed by atoms with Gasteiger partial charge in [-0.15, -0.1) is 0 Å². The Morgan fingerprint density at radius 3 is 2.74 bits per heavy atom. The van der Waals surface area contributed by atoms with Crippen LogP contribution in [0.25, 0.3) is 0 Å². The molecule has 1 aliphatic heterocycles. The van der Waals surface area contributed by atoms with Crippen LogP contribution in [0.4, 0.5) is 0 Å². The zero-order valence-corrected chi connectivity index (χ0v) is 17.4. The fourth-order valence-corrected chi connectivity index (χ4v) is 4.01. The summed E-state index contributed by atoms with van der Waals surface area (Å²) in [4.78, 5) is 3.37. The van der Waals surface area contributed by atoms with E-state index >= 15 is 0 Å². The van der Waals surface area contributed by atoms with Crippen LogP contribution in [0.5, 0.6) is 5.75 Å². The first kappa shape index (κ1) is 19.8. The average Bonchev–Trinajstić information content (AvgIpc) is 2.70. The van der Waals surface area contributed by atoms with Crippen molar-refractivity contribution in [3.8, 4) is 5.75 Å². The number of nitrogens with zero attached hydrogens (tertiary/aromatic N) is 1. The molecule has 2 aromatic carbocycles. The highest BCUT2D eigenvalue weighted by Crippen LogP contribution is 2.24. The summed E-state index contributed by atoms with van der Waals surface area (Å²) < 4.78 is 5.50. The topological polar surface area (TPSA) is 24.5 Å². The van der Waals surface area contributed by atoms with Gasteiger partial charge in [0.2, 0.25) is 0 Å². The highest BCUT2D eigenvalue weighted by atomic mass is 32.1. The summed E-state index contributed by atoms with van der Waals surface area (Å²) in [6.45, 7) is 7.36. The summed E-state index contributed by atoms with van der Waals surface area (Å²) in [5.41, 5.74) is 5.10. The van der Waals surface area contributed by atoms with Gasteiger partial charge in [0.25, 0.3) is 0 Å². The van der Waals surface area contributed by atoms with E-state index in [4.69, 9.17) is 17.0 Å². The maximum atomic E-state index is 5.70. The first-order chi connectivity index (χ1) is 13.1. The third-order valence-corrected chi connectivity index (χ3v) is 5.72. The summed E-state index contributed by atoms with van der Waals surface area (Å²) >= 11 is 5.70. The van der Waals surface area contributed by atoms with Gasteiger partial charge in [-0.05, 0) is 49.6 Å². The average molecular weight is 383 g/mol. The number of aryl methyl sites for hydroxylation is 1. The van der Waals surface area contributed by atoms with Gasteiger partial charge in [0.1, 0.15) is 10.7 Å².